The fourth-order valence-corrected chi connectivity index (χ4v) is 3.09. The molecule has 0 aliphatic carbocycles. The van der Waals surface area contributed by atoms with Gasteiger partial charge in [-0.3, -0.25) is 14.5 Å². The molecule has 1 aliphatic rings. The third-order valence-corrected chi connectivity index (χ3v) is 4.43. The summed E-state index contributed by atoms with van der Waals surface area (Å²) in [5.74, 6) is 0.280. The van der Waals surface area contributed by atoms with Gasteiger partial charge in [0.15, 0.2) is 0 Å². The number of benzene rings is 2. The van der Waals surface area contributed by atoms with Crippen molar-refractivity contribution in [3.63, 3.8) is 0 Å². The normalized spacial score (nSPS) is 13.4. The van der Waals surface area contributed by atoms with Crippen molar-refractivity contribution in [3.05, 3.63) is 65.2 Å². The monoisotopic (exact) mass is 352 g/mol. The van der Waals surface area contributed by atoms with Crippen LogP contribution in [0.3, 0.4) is 0 Å². The highest BCUT2D eigenvalue weighted by molar-refractivity contribution is 6.21. The summed E-state index contributed by atoms with van der Waals surface area (Å²) >= 11 is 0. The van der Waals surface area contributed by atoms with Crippen LogP contribution in [0.1, 0.15) is 32.7 Å². The minimum atomic E-state index is -0.244. The Kier molecular flexibility index (Phi) is 5.68. The summed E-state index contributed by atoms with van der Waals surface area (Å²) in [6.45, 7) is 1.58. The van der Waals surface area contributed by atoms with Gasteiger partial charge in [0.1, 0.15) is 12.4 Å². The van der Waals surface area contributed by atoms with Gasteiger partial charge in [0.25, 0.3) is 11.8 Å². The molecule has 1 aliphatic heterocycles. The maximum atomic E-state index is 12.3. The van der Waals surface area contributed by atoms with Crippen LogP contribution in [0.25, 0.3) is 0 Å². The number of ether oxygens (including phenoxy) is 1. The Hall–Kier alpha value is -2.66. The summed E-state index contributed by atoms with van der Waals surface area (Å²) in [5.41, 5.74) is 2.17. The lowest BCUT2D eigenvalue weighted by atomic mass is 10.1. The van der Waals surface area contributed by atoms with E-state index in [-0.39, 0.29) is 25.0 Å². The van der Waals surface area contributed by atoms with Gasteiger partial charge in [0.2, 0.25) is 0 Å². The zero-order chi connectivity index (χ0) is 18.5. The van der Waals surface area contributed by atoms with Gasteiger partial charge in [-0.2, -0.15) is 0 Å². The smallest absolute Gasteiger partial charge is 0.261 e. The van der Waals surface area contributed by atoms with Crippen molar-refractivity contribution in [2.45, 2.75) is 12.8 Å². The Bertz CT molecular complexity index is 766. The number of rotatable bonds is 8. The molecule has 0 radical (unpaired) electrons. The van der Waals surface area contributed by atoms with Gasteiger partial charge in [0, 0.05) is 0 Å². The molecular weight excluding hydrogens is 328 g/mol. The first-order valence-electron chi connectivity index (χ1n) is 8.88. The van der Waals surface area contributed by atoms with Gasteiger partial charge in [-0.1, -0.05) is 24.3 Å². The van der Waals surface area contributed by atoms with Crippen LogP contribution < -0.4 is 4.74 Å². The third kappa shape index (κ3) is 4.11. The maximum Gasteiger partial charge on any atom is 0.261 e. The number of hydrogen-bond acceptors (Lipinski definition) is 4. The van der Waals surface area contributed by atoms with Gasteiger partial charge in [-0.15, -0.1) is 0 Å². The Morgan fingerprint density at radius 2 is 1.65 bits per heavy atom. The Morgan fingerprint density at radius 1 is 0.962 bits per heavy atom. The number of aryl methyl sites for hydroxylation is 1. The molecule has 136 valence electrons. The zero-order valence-corrected chi connectivity index (χ0v) is 15.3. The van der Waals surface area contributed by atoms with Gasteiger partial charge in [-0.25, -0.2) is 0 Å². The van der Waals surface area contributed by atoms with Crippen LogP contribution in [-0.2, 0) is 6.42 Å². The molecule has 3 rings (SSSR count). The van der Waals surface area contributed by atoms with Gasteiger partial charge in [0.05, 0.1) is 17.7 Å². The molecule has 0 fully saturated rings. The summed E-state index contributed by atoms with van der Waals surface area (Å²) in [6, 6.07) is 14.9. The summed E-state index contributed by atoms with van der Waals surface area (Å²) in [4.78, 5) is 28.1. The molecule has 0 saturated carbocycles. The highest BCUT2D eigenvalue weighted by Gasteiger charge is 2.34. The molecule has 0 unspecified atom stereocenters. The lowest BCUT2D eigenvalue weighted by Crippen LogP contribution is -2.33. The number of amides is 2. The van der Waals surface area contributed by atoms with Crippen LogP contribution in [0.15, 0.2) is 48.5 Å². The van der Waals surface area contributed by atoms with E-state index in [1.165, 1.54) is 10.5 Å². The Balaban J connectivity index is 1.53. The first-order chi connectivity index (χ1) is 12.6. The Morgan fingerprint density at radius 3 is 2.31 bits per heavy atom. The number of nitrogens with zero attached hydrogens (tertiary/aromatic N) is 2. The number of carbonyl (C=O) groups excluding carboxylic acids is 2. The van der Waals surface area contributed by atoms with E-state index < -0.39 is 0 Å². The minimum absolute atomic E-state index is 0.244. The predicted octanol–water partition coefficient (Wildman–Crippen LogP) is 2.86. The standard InChI is InChI=1S/C21H24N2O3/c1-22(2)12-6-8-16-7-5-9-17(15-16)26-14-13-23-20(24)18-10-3-4-11-19(18)21(23)25/h3-5,7,9-11,15H,6,8,12-14H2,1-2H3. The highest BCUT2D eigenvalue weighted by Crippen LogP contribution is 2.22. The van der Waals surface area contributed by atoms with Crippen LogP contribution in [0.4, 0.5) is 0 Å². The second kappa shape index (κ2) is 8.15. The average Bonchev–Trinajstić information content (AvgIpc) is 2.87. The topological polar surface area (TPSA) is 49.9 Å². The highest BCUT2D eigenvalue weighted by atomic mass is 16.5. The molecule has 0 aromatic heterocycles. The molecule has 26 heavy (non-hydrogen) atoms. The molecule has 0 N–H and O–H groups in total. The lowest BCUT2D eigenvalue weighted by molar-refractivity contribution is 0.0631. The molecule has 5 nitrogen and oxygen atoms in total. The Labute approximate surface area is 154 Å². The molecule has 0 spiro atoms. The molecule has 0 bridgehead atoms. The number of imide groups is 1. The van der Waals surface area contributed by atoms with Crippen molar-refractivity contribution in [3.8, 4) is 5.75 Å². The summed E-state index contributed by atoms with van der Waals surface area (Å²) < 4.78 is 5.77. The molecule has 1 heterocycles. The van der Waals surface area contributed by atoms with Gasteiger partial charge in [-0.05, 0) is 63.3 Å². The molecular formula is C21H24N2O3. The van der Waals surface area contributed by atoms with E-state index in [2.05, 4.69) is 25.1 Å². The first-order valence-corrected chi connectivity index (χ1v) is 8.88. The van der Waals surface area contributed by atoms with E-state index in [0.717, 1.165) is 25.1 Å². The van der Waals surface area contributed by atoms with E-state index in [4.69, 9.17) is 4.74 Å². The molecule has 2 aromatic rings. The lowest BCUT2D eigenvalue weighted by Gasteiger charge is -2.15. The fraction of sp³-hybridized carbons (Fsp3) is 0.333. The predicted molar refractivity (Wildman–Crippen MR) is 101 cm³/mol. The third-order valence-electron chi connectivity index (χ3n) is 4.43. The van der Waals surface area contributed by atoms with Gasteiger partial charge >= 0.3 is 0 Å². The molecule has 5 heteroatoms. The quantitative estimate of drug-likeness (QED) is 0.686. The summed E-state index contributed by atoms with van der Waals surface area (Å²) in [7, 11) is 4.14. The zero-order valence-electron chi connectivity index (χ0n) is 15.3. The largest absolute Gasteiger partial charge is 0.492 e. The van der Waals surface area contributed by atoms with E-state index in [1.54, 1.807) is 24.3 Å². The van der Waals surface area contributed by atoms with E-state index >= 15 is 0 Å². The molecule has 2 amide bonds. The number of hydrogen-bond donors (Lipinski definition) is 0. The van der Waals surface area contributed by atoms with E-state index in [9.17, 15) is 9.59 Å². The summed E-state index contributed by atoms with van der Waals surface area (Å²) in [6.07, 6.45) is 2.08. The second-order valence-electron chi connectivity index (χ2n) is 6.71. The van der Waals surface area contributed by atoms with Crippen molar-refractivity contribution in [1.29, 1.82) is 0 Å². The van der Waals surface area contributed by atoms with Crippen molar-refractivity contribution in [1.82, 2.24) is 9.80 Å². The van der Waals surface area contributed by atoms with Crippen molar-refractivity contribution in [2.24, 2.45) is 0 Å². The molecule has 2 aromatic carbocycles. The molecule has 0 saturated heterocycles. The van der Waals surface area contributed by atoms with Crippen LogP contribution >= 0.6 is 0 Å². The minimum Gasteiger partial charge on any atom is -0.492 e. The van der Waals surface area contributed by atoms with Crippen LogP contribution in [0, 0.1) is 0 Å². The second-order valence-corrected chi connectivity index (χ2v) is 6.71. The number of fused-ring (bicyclic) bond motifs is 1. The first kappa shape index (κ1) is 18.1. The SMILES string of the molecule is CN(C)CCCc1cccc(OCCN2C(=O)c3ccccc3C2=O)c1. The molecule has 0 atom stereocenters. The number of carbonyl (C=O) groups is 2. The van der Waals surface area contributed by atoms with Crippen molar-refractivity contribution < 1.29 is 14.3 Å². The van der Waals surface area contributed by atoms with Crippen molar-refractivity contribution >= 4 is 11.8 Å². The average molecular weight is 352 g/mol. The van der Waals surface area contributed by atoms with Crippen LogP contribution in [0.2, 0.25) is 0 Å². The van der Waals surface area contributed by atoms with Crippen LogP contribution in [-0.4, -0.2) is 55.4 Å². The fourth-order valence-electron chi connectivity index (χ4n) is 3.09. The maximum absolute atomic E-state index is 12.3. The van der Waals surface area contributed by atoms with E-state index in [0.29, 0.717) is 11.1 Å². The van der Waals surface area contributed by atoms with Crippen molar-refractivity contribution in [2.75, 3.05) is 33.8 Å². The van der Waals surface area contributed by atoms with Gasteiger partial charge < -0.3 is 9.64 Å². The van der Waals surface area contributed by atoms with E-state index in [1.807, 2.05) is 18.2 Å². The van der Waals surface area contributed by atoms with Crippen LogP contribution in [0.5, 0.6) is 5.75 Å². The summed E-state index contributed by atoms with van der Waals surface area (Å²) in [5, 5.41) is 0.